The van der Waals surface area contributed by atoms with Gasteiger partial charge in [-0.15, -0.1) is 0 Å². The third-order valence-corrected chi connectivity index (χ3v) is 1.11. The highest BCUT2D eigenvalue weighted by Crippen LogP contribution is 1.96. The molecule has 4 nitrogen and oxygen atoms in total. The van der Waals surface area contributed by atoms with Crippen LogP contribution in [0, 0.1) is 0 Å². The van der Waals surface area contributed by atoms with E-state index in [1.54, 1.807) is 19.0 Å². The lowest BCUT2D eigenvalue weighted by molar-refractivity contribution is -0.164. The van der Waals surface area contributed by atoms with Crippen molar-refractivity contribution >= 4 is 5.97 Å². The fraction of sp³-hybridized carbons (Fsp3) is 0.625. The van der Waals surface area contributed by atoms with Crippen molar-refractivity contribution in [3.8, 4) is 0 Å². The van der Waals surface area contributed by atoms with Gasteiger partial charge in [0.25, 0.3) is 0 Å². The van der Waals surface area contributed by atoms with Crippen LogP contribution in [0.1, 0.15) is 6.92 Å². The summed E-state index contributed by atoms with van der Waals surface area (Å²) < 4.78 is 4.60. The second-order valence-corrected chi connectivity index (χ2v) is 2.90. The van der Waals surface area contributed by atoms with E-state index in [1.807, 2.05) is 0 Å². The molecule has 0 saturated carbocycles. The molecule has 1 N–H and O–H groups in total. The molecule has 0 heterocycles. The van der Waals surface area contributed by atoms with E-state index in [0.717, 1.165) is 0 Å². The minimum absolute atomic E-state index is 0.285. The van der Waals surface area contributed by atoms with Crippen molar-refractivity contribution in [1.29, 1.82) is 0 Å². The normalized spacial score (nSPS) is 12.8. The second-order valence-electron chi connectivity index (χ2n) is 2.90. The second kappa shape index (κ2) is 4.90. The van der Waals surface area contributed by atoms with Gasteiger partial charge in [-0.1, -0.05) is 6.58 Å². The fourth-order valence-electron chi connectivity index (χ4n) is 0.574. The van der Waals surface area contributed by atoms with Gasteiger partial charge in [-0.3, -0.25) is 0 Å². The number of aliphatic hydroxyl groups excluding tert-OH is 1. The average Bonchev–Trinajstić information content (AvgIpc) is 1.84. The van der Waals surface area contributed by atoms with E-state index in [4.69, 9.17) is 5.11 Å². The van der Waals surface area contributed by atoms with Crippen LogP contribution in [0.2, 0.25) is 0 Å². The predicted octanol–water partition coefficient (Wildman–Crippen LogP) is -0.0143. The van der Waals surface area contributed by atoms with Crippen molar-refractivity contribution in [3.63, 3.8) is 0 Å². The Labute approximate surface area is 72.4 Å². The van der Waals surface area contributed by atoms with E-state index >= 15 is 0 Å². The van der Waals surface area contributed by atoms with Crippen molar-refractivity contribution in [2.75, 3.05) is 20.6 Å². The number of rotatable bonds is 4. The molecule has 1 unspecified atom stereocenters. The average molecular weight is 173 g/mol. The highest BCUT2D eigenvalue weighted by molar-refractivity contribution is 5.86. The molecule has 0 amide bonds. The van der Waals surface area contributed by atoms with Crippen LogP contribution >= 0.6 is 0 Å². The highest BCUT2D eigenvalue weighted by Gasteiger charge is 2.11. The van der Waals surface area contributed by atoms with E-state index in [2.05, 4.69) is 11.3 Å². The van der Waals surface area contributed by atoms with Crippen LogP contribution in [0.25, 0.3) is 0 Å². The number of esters is 1. The maximum absolute atomic E-state index is 10.8. The van der Waals surface area contributed by atoms with Crippen molar-refractivity contribution in [1.82, 2.24) is 4.90 Å². The van der Waals surface area contributed by atoms with Gasteiger partial charge in [0.2, 0.25) is 6.29 Å². The van der Waals surface area contributed by atoms with E-state index in [9.17, 15) is 4.79 Å². The smallest absolute Gasteiger partial charge is 0.335 e. The van der Waals surface area contributed by atoms with Gasteiger partial charge in [0.1, 0.15) is 0 Å². The molecule has 0 bridgehead atoms. The molecule has 0 aliphatic rings. The summed E-state index contributed by atoms with van der Waals surface area (Å²) in [6.07, 6.45) is -1.08. The van der Waals surface area contributed by atoms with E-state index in [0.29, 0.717) is 6.54 Å². The number of aliphatic hydroxyl groups is 1. The molecular weight excluding hydrogens is 158 g/mol. The molecule has 0 rings (SSSR count). The van der Waals surface area contributed by atoms with Crippen LogP contribution in [0.5, 0.6) is 0 Å². The molecule has 12 heavy (non-hydrogen) atoms. The number of likely N-dealkylation sites (N-methyl/N-ethyl adjacent to an activating group) is 1. The minimum Gasteiger partial charge on any atom is -0.431 e. The summed E-state index contributed by atoms with van der Waals surface area (Å²) in [7, 11) is 3.55. The van der Waals surface area contributed by atoms with Crippen molar-refractivity contribution < 1.29 is 14.6 Å². The first-order valence-corrected chi connectivity index (χ1v) is 3.62. The van der Waals surface area contributed by atoms with Gasteiger partial charge >= 0.3 is 5.97 Å². The third-order valence-electron chi connectivity index (χ3n) is 1.11. The van der Waals surface area contributed by atoms with Crippen LogP contribution < -0.4 is 0 Å². The number of hydrogen-bond donors (Lipinski definition) is 1. The van der Waals surface area contributed by atoms with E-state index in [1.165, 1.54) is 6.92 Å². The zero-order chi connectivity index (χ0) is 9.72. The third kappa shape index (κ3) is 4.87. The molecule has 0 fully saturated rings. The van der Waals surface area contributed by atoms with Crippen molar-refractivity contribution in [3.05, 3.63) is 12.2 Å². The molecule has 1 atom stereocenters. The molecule has 0 saturated heterocycles. The van der Waals surface area contributed by atoms with Crippen molar-refractivity contribution in [2.45, 2.75) is 13.2 Å². The Morgan fingerprint density at radius 3 is 2.50 bits per heavy atom. The van der Waals surface area contributed by atoms with Crippen LogP contribution in [0.4, 0.5) is 0 Å². The molecular formula is C8H15NO3. The van der Waals surface area contributed by atoms with Crippen molar-refractivity contribution in [2.24, 2.45) is 0 Å². The zero-order valence-electron chi connectivity index (χ0n) is 7.70. The van der Waals surface area contributed by atoms with Crippen LogP contribution in [0.3, 0.4) is 0 Å². The summed E-state index contributed by atoms with van der Waals surface area (Å²) in [5.74, 6) is -0.565. The van der Waals surface area contributed by atoms with Crippen LogP contribution in [-0.2, 0) is 9.53 Å². The Bertz CT molecular complexity index is 177. The summed E-state index contributed by atoms with van der Waals surface area (Å²) in [5, 5.41) is 9.11. The van der Waals surface area contributed by atoms with Gasteiger partial charge in [-0.2, -0.15) is 0 Å². The van der Waals surface area contributed by atoms with Gasteiger partial charge < -0.3 is 14.7 Å². The number of carbonyl (C=O) groups excluding carboxylic acids is 1. The zero-order valence-corrected chi connectivity index (χ0v) is 7.70. The van der Waals surface area contributed by atoms with E-state index < -0.39 is 12.3 Å². The molecule has 0 aliphatic heterocycles. The Morgan fingerprint density at radius 1 is 1.67 bits per heavy atom. The quantitative estimate of drug-likeness (QED) is 0.369. The lowest BCUT2D eigenvalue weighted by Crippen LogP contribution is -2.30. The van der Waals surface area contributed by atoms with Gasteiger partial charge in [0.15, 0.2) is 0 Å². The van der Waals surface area contributed by atoms with Gasteiger partial charge in [-0.05, 0) is 21.0 Å². The Kier molecular flexibility index (Phi) is 4.54. The molecule has 0 radical (unpaired) electrons. The summed E-state index contributed by atoms with van der Waals surface area (Å²) in [5.41, 5.74) is 0.285. The summed E-state index contributed by atoms with van der Waals surface area (Å²) >= 11 is 0. The first kappa shape index (κ1) is 11.1. The number of carbonyl (C=O) groups is 1. The molecule has 0 spiro atoms. The molecule has 0 aromatic carbocycles. The predicted molar refractivity (Wildman–Crippen MR) is 45.5 cm³/mol. The Balaban J connectivity index is 3.76. The van der Waals surface area contributed by atoms with Gasteiger partial charge in [-0.25, -0.2) is 4.79 Å². The van der Waals surface area contributed by atoms with Crippen LogP contribution in [-0.4, -0.2) is 42.9 Å². The number of hydrogen-bond acceptors (Lipinski definition) is 4. The molecule has 4 heteroatoms. The highest BCUT2D eigenvalue weighted by atomic mass is 16.6. The Morgan fingerprint density at radius 2 is 2.17 bits per heavy atom. The topological polar surface area (TPSA) is 49.8 Å². The monoisotopic (exact) mass is 173 g/mol. The number of nitrogens with zero attached hydrogens (tertiary/aromatic N) is 1. The maximum atomic E-state index is 10.8. The largest absolute Gasteiger partial charge is 0.431 e. The minimum atomic E-state index is -1.08. The maximum Gasteiger partial charge on any atom is 0.335 e. The summed E-state index contributed by atoms with van der Waals surface area (Å²) in [6.45, 7) is 5.21. The molecule has 0 aliphatic carbocycles. The molecule has 0 aromatic rings. The Hall–Kier alpha value is -0.870. The lowest BCUT2D eigenvalue weighted by atomic mass is 10.4. The van der Waals surface area contributed by atoms with Gasteiger partial charge in [0.05, 0.1) is 6.54 Å². The molecule has 0 aromatic heterocycles. The molecule has 70 valence electrons. The lowest BCUT2D eigenvalue weighted by Gasteiger charge is -2.15. The standard InChI is InChI=1S/C8H15NO3/c1-6(2)8(11)12-7(10)5-9(3)4/h7,10H,1,5H2,2-4H3. The van der Waals surface area contributed by atoms with Crippen LogP contribution in [0.15, 0.2) is 12.2 Å². The summed E-state index contributed by atoms with van der Waals surface area (Å²) in [4.78, 5) is 12.6. The van der Waals surface area contributed by atoms with E-state index in [-0.39, 0.29) is 5.57 Å². The first-order valence-electron chi connectivity index (χ1n) is 3.62. The fourth-order valence-corrected chi connectivity index (χ4v) is 0.574. The summed E-state index contributed by atoms with van der Waals surface area (Å²) in [6, 6.07) is 0. The van der Waals surface area contributed by atoms with Gasteiger partial charge in [0, 0.05) is 5.57 Å². The first-order chi connectivity index (χ1) is 5.43. The SMILES string of the molecule is C=C(C)C(=O)OC(O)CN(C)C. The number of ether oxygens (including phenoxy) is 1.